The van der Waals surface area contributed by atoms with E-state index in [1.807, 2.05) is 12.1 Å². The highest BCUT2D eigenvalue weighted by Crippen LogP contribution is 2.36. The van der Waals surface area contributed by atoms with E-state index in [9.17, 15) is 13.2 Å². The Hall–Kier alpha value is -4.21. The molecule has 0 bridgehead atoms. The Bertz CT molecular complexity index is 1560. The molecule has 1 saturated carbocycles. The molecule has 4 aromatic rings. The Kier molecular flexibility index (Phi) is 5.72. The van der Waals surface area contributed by atoms with Crippen LogP contribution in [0.4, 0.5) is 5.69 Å². The number of H-pyrrole nitrogens is 1. The summed E-state index contributed by atoms with van der Waals surface area (Å²) in [5.41, 5.74) is 2.27. The Labute approximate surface area is 200 Å². The molecule has 35 heavy (non-hydrogen) atoms. The topological polar surface area (TPSA) is 166 Å². The van der Waals surface area contributed by atoms with Gasteiger partial charge in [-0.05, 0) is 37.1 Å². The number of sulfonamides is 1. The van der Waals surface area contributed by atoms with Gasteiger partial charge in [0.2, 0.25) is 21.7 Å². The van der Waals surface area contributed by atoms with Gasteiger partial charge in [-0.1, -0.05) is 6.07 Å². The monoisotopic (exact) mass is 491 g/mol. The van der Waals surface area contributed by atoms with Crippen molar-refractivity contribution in [2.75, 3.05) is 12.4 Å². The molecule has 1 aliphatic rings. The molecule has 1 fully saturated rings. The van der Waals surface area contributed by atoms with Crippen molar-refractivity contribution in [3.63, 3.8) is 0 Å². The second-order valence-corrected chi connectivity index (χ2v) is 9.88. The number of anilines is 1. The predicted molar refractivity (Wildman–Crippen MR) is 127 cm³/mol. The third-order valence-electron chi connectivity index (χ3n) is 5.86. The number of amides is 1. The van der Waals surface area contributed by atoms with E-state index in [0.29, 0.717) is 24.1 Å². The maximum absolute atomic E-state index is 12.7. The normalized spacial score (nSPS) is 17.5. The van der Waals surface area contributed by atoms with Crippen LogP contribution in [0.15, 0.2) is 58.2 Å². The van der Waals surface area contributed by atoms with Gasteiger partial charge in [0.15, 0.2) is 0 Å². The standard InChI is InChI=1S/C23H21N7O4S/c1-25-22(31)19-12-28-23(34-19)18-11-27-21-17(5-6-26-21)20(18)29-14-8-15(9-14)30-35(32,33)16-4-2-3-13(7-16)10-24/h2-7,11-12,14-15,30H,8-9H2,1H3,(H,25,31)(H2,26,27,29)/t14-,15+. The highest BCUT2D eigenvalue weighted by atomic mass is 32.2. The van der Waals surface area contributed by atoms with Crippen LogP contribution in [0.25, 0.3) is 22.5 Å². The van der Waals surface area contributed by atoms with Crippen LogP contribution in [0, 0.1) is 11.3 Å². The summed E-state index contributed by atoms with van der Waals surface area (Å²) in [6.45, 7) is 0. The minimum absolute atomic E-state index is 0.0132. The lowest BCUT2D eigenvalue weighted by Gasteiger charge is -2.37. The molecule has 3 heterocycles. The van der Waals surface area contributed by atoms with Gasteiger partial charge in [0.1, 0.15) is 5.65 Å². The molecule has 12 heteroatoms. The Morgan fingerprint density at radius 2 is 2.03 bits per heavy atom. The molecule has 0 spiro atoms. The Balaban J connectivity index is 1.33. The zero-order valence-corrected chi connectivity index (χ0v) is 19.4. The van der Waals surface area contributed by atoms with Gasteiger partial charge < -0.3 is 20.0 Å². The van der Waals surface area contributed by atoms with Gasteiger partial charge in [-0.15, -0.1) is 0 Å². The third kappa shape index (κ3) is 4.34. The molecule has 0 radical (unpaired) electrons. The van der Waals surface area contributed by atoms with Gasteiger partial charge in [0, 0.05) is 36.9 Å². The number of carbonyl (C=O) groups excluding carboxylic acids is 1. The number of pyridine rings is 1. The minimum atomic E-state index is -3.74. The molecular weight excluding hydrogens is 470 g/mol. The van der Waals surface area contributed by atoms with E-state index < -0.39 is 10.0 Å². The largest absolute Gasteiger partial charge is 0.431 e. The van der Waals surface area contributed by atoms with E-state index in [4.69, 9.17) is 9.68 Å². The number of oxazole rings is 1. The van der Waals surface area contributed by atoms with E-state index in [2.05, 4.69) is 30.3 Å². The summed E-state index contributed by atoms with van der Waals surface area (Å²) >= 11 is 0. The summed E-state index contributed by atoms with van der Waals surface area (Å²) in [6, 6.07) is 9.48. The fourth-order valence-corrected chi connectivity index (χ4v) is 5.32. The quantitative estimate of drug-likeness (QED) is 0.306. The number of hydrogen-bond donors (Lipinski definition) is 4. The number of benzene rings is 1. The van der Waals surface area contributed by atoms with Gasteiger partial charge in [0.05, 0.1) is 34.0 Å². The van der Waals surface area contributed by atoms with E-state index in [-0.39, 0.29) is 40.1 Å². The van der Waals surface area contributed by atoms with Gasteiger partial charge in [0.25, 0.3) is 5.91 Å². The second kappa shape index (κ2) is 8.86. The lowest BCUT2D eigenvalue weighted by molar-refractivity contribution is 0.0936. The van der Waals surface area contributed by atoms with Gasteiger partial charge in [-0.25, -0.2) is 23.1 Å². The maximum Gasteiger partial charge on any atom is 0.288 e. The van der Waals surface area contributed by atoms with Crippen molar-refractivity contribution in [3.8, 4) is 17.5 Å². The SMILES string of the molecule is CNC(=O)c1cnc(-c2cnc3[nH]ccc3c2N[C@H]2C[C@@H](NS(=O)(=O)c3cccc(C#N)c3)C2)o1. The van der Waals surface area contributed by atoms with Crippen molar-refractivity contribution in [2.24, 2.45) is 0 Å². The number of carbonyl (C=O) groups is 1. The Morgan fingerprint density at radius 3 is 2.80 bits per heavy atom. The van der Waals surface area contributed by atoms with Crippen molar-refractivity contribution in [1.29, 1.82) is 5.26 Å². The fraction of sp³-hybridized carbons (Fsp3) is 0.217. The molecular formula is C23H21N7O4S. The average molecular weight is 492 g/mol. The van der Waals surface area contributed by atoms with E-state index >= 15 is 0 Å². The number of fused-ring (bicyclic) bond motifs is 1. The van der Waals surface area contributed by atoms with Crippen LogP contribution >= 0.6 is 0 Å². The average Bonchev–Trinajstić information content (AvgIpc) is 3.52. The molecule has 1 aromatic carbocycles. The molecule has 0 saturated heterocycles. The summed E-state index contributed by atoms with van der Waals surface area (Å²) in [4.78, 5) is 23.7. The first-order valence-corrected chi connectivity index (χ1v) is 12.3. The molecule has 3 aromatic heterocycles. The number of nitriles is 1. The first-order valence-electron chi connectivity index (χ1n) is 10.8. The summed E-state index contributed by atoms with van der Waals surface area (Å²) in [6.07, 6.45) is 5.85. The highest BCUT2D eigenvalue weighted by Gasteiger charge is 2.34. The molecule has 0 unspecified atom stereocenters. The predicted octanol–water partition coefficient (Wildman–Crippen LogP) is 2.37. The van der Waals surface area contributed by atoms with Gasteiger partial charge in [-0.3, -0.25) is 4.79 Å². The van der Waals surface area contributed by atoms with Gasteiger partial charge >= 0.3 is 0 Å². The molecule has 178 valence electrons. The first kappa shape index (κ1) is 22.6. The van der Waals surface area contributed by atoms with Crippen LogP contribution in [0.5, 0.6) is 0 Å². The number of rotatable bonds is 7. The molecule has 5 rings (SSSR count). The summed E-state index contributed by atoms with van der Waals surface area (Å²) in [5.74, 6) is -0.0554. The van der Waals surface area contributed by atoms with E-state index in [0.717, 1.165) is 11.1 Å². The van der Waals surface area contributed by atoms with Crippen LogP contribution < -0.4 is 15.4 Å². The fourth-order valence-electron chi connectivity index (χ4n) is 4.01. The number of aromatic nitrogens is 3. The second-order valence-electron chi connectivity index (χ2n) is 8.17. The number of nitrogens with one attached hydrogen (secondary N) is 4. The molecule has 0 aliphatic heterocycles. The Morgan fingerprint density at radius 1 is 1.20 bits per heavy atom. The summed E-state index contributed by atoms with van der Waals surface area (Å²) < 4.78 is 33.8. The van der Waals surface area contributed by atoms with Crippen LogP contribution in [-0.4, -0.2) is 48.4 Å². The smallest absolute Gasteiger partial charge is 0.288 e. The van der Waals surface area contributed by atoms with Crippen LogP contribution in [0.1, 0.15) is 29.0 Å². The zero-order chi connectivity index (χ0) is 24.6. The lowest BCUT2D eigenvalue weighted by Crippen LogP contribution is -2.49. The number of nitrogens with zero attached hydrogens (tertiary/aromatic N) is 3. The van der Waals surface area contributed by atoms with E-state index in [1.165, 1.54) is 25.4 Å². The molecule has 1 aliphatic carbocycles. The van der Waals surface area contributed by atoms with E-state index in [1.54, 1.807) is 24.5 Å². The molecule has 4 N–H and O–H groups in total. The van der Waals surface area contributed by atoms with Gasteiger partial charge in [-0.2, -0.15) is 5.26 Å². The molecule has 11 nitrogen and oxygen atoms in total. The number of hydrogen-bond acceptors (Lipinski definition) is 8. The van der Waals surface area contributed by atoms with Crippen LogP contribution in [-0.2, 0) is 10.0 Å². The van der Waals surface area contributed by atoms with Crippen LogP contribution in [0.3, 0.4) is 0 Å². The van der Waals surface area contributed by atoms with Crippen molar-refractivity contribution in [1.82, 2.24) is 25.0 Å². The lowest BCUT2D eigenvalue weighted by atomic mass is 9.87. The van der Waals surface area contributed by atoms with Crippen molar-refractivity contribution in [2.45, 2.75) is 29.8 Å². The number of aromatic amines is 1. The maximum atomic E-state index is 12.7. The third-order valence-corrected chi connectivity index (χ3v) is 7.37. The summed E-state index contributed by atoms with van der Waals surface area (Å²) in [5, 5.41) is 15.8. The van der Waals surface area contributed by atoms with Crippen LogP contribution in [0.2, 0.25) is 0 Å². The minimum Gasteiger partial charge on any atom is -0.431 e. The summed E-state index contributed by atoms with van der Waals surface area (Å²) in [7, 11) is -2.23. The van der Waals surface area contributed by atoms with Crippen molar-refractivity contribution >= 4 is 32.7 Å². The highest BCUT2D eigenvalue weighted by molar-refractivity contribution is 7.89. The molecule has 1 amide bonds. The van der Waals surface area contributed by atoms with Crippen molar-refractivity contribution < 1.29 is 17.6 Å². The zero-order valence-electron chi connectivity index (χ0n) is 18.6. The molecule has 0 atom stereocenters. The van der Waals surface area contributed by atoms with Crippen molar-refractivity contribution in [3.05, 3.63) is 60.2 Å². The first-order chi connectivity index (χ1) is 16.9.